The summed E-state index contributed by atoms with van der Waals surface area (Å²) in [6, 6.07) is 7.59. The summed E-state index contributed by atoms with van der Waals surface area (Å²) in [5, 5.41) is 0.856. The topological polar surface area (TPSA) is 59.2 Å². The van der Waals surface area contributed by atoms with Gasteiger partial charge in [0, 0.05) is 22.7 Å². The van der Waals surface area contributed by atoms with E-state index in [-0.39, 0.29) is 17.7 Å². The number of aromatic nitrogens is 1. The molecule has 2 atom stereocenters. The van der Waals surface area contributed by atoms with Gasteiger partial charge >= 0.3 is 5.97 Å². The van der Waals surface area contributed by atoms with Crippen molar-refractivity contribution in [2.24, 2.45) is 5.92 Å². The Hall–Kier alpha value is -2.36. The lowest BCUT2D eigenvalue weighted by atomic mass is 10.0. The van der Waals surface area contributed by atoms with E-state index in [0.717, 1.165) is 23.7 Å². The highest BCUT2D eigenvalue weighted by Crippen LogP contribution is 2.22. The molecule has 0 unspecified atom stereocenters. The molecule has 0 radical (unpaired) electrons. The van der Waals surface area contributed by atoms with Crippen LogP contribution in [0.25, 0.3) is 10.9 Å². The van der Waals surface area contributed by atoms with Crippen LogP contribution in [0.15, 0.2) is 42.6 Å². The molecular weight excluding hydrogens is 278 g/mol. The molecule has 1 heterocycles. The molecule has 1 aliphatic carbocycles. The lowest BCUT2D eigenvalue weighted by Gasteiger charge is -2.13. The number of hydrogen-bond acceptors (Lipinski definition) is 3. The Morgan fingerprint density at radius 1 is 1.36 bits per heavy atom. The van der Waals surface area contributed by atoms with E-state index in [1.807, 2.05) is 30.3 Å². The second-order valence-corrected chi connectivity index (χ2v) is 5.71. The van der Waals surface area contributed by atoms with E-state index in [0.29, 0.717) is 12.0 Å². The maximum atomic E-state index is 12.5. The average molecular weight is 297 g/mol. The van der Waals surface area contributed by atoms with E-state index in [4.69, 9.17) is 4.74 Å². The number of ether oxygens (including phenoxy) is 1. The maximum absolute atomic E-state index is 12.5. The second kappa shape index (κ2) is 6.18. The van der Waals surface area contributed by atoms with Gasteiger partial charge in [-0.3, -0.25) is 9.59 Å². The Balaban J connectivity index is 1.66. The quantitative estimate of drug-likeness (QED) is 0.521. The average Bonchev–Trinajstić information content (AvgIpc) is 3.15. The summed E-state index contributed by atoms with van der Waals surface area (Å²) in [6.07, 6.45) is 7.39. The van der Waals surface area contributed by atoms with Gasteiger partial charge in [0.05, 0.1) is 6.42 Å². The van der Waals surface area contributed by atoms with E-state index in [9.17, 15) is 9.59 Å². The molecule has 3 rings (SSSR count). The Bertz CT molecular complexity index is 729. The number of carbonyl (C=O) groups excluding carboxylic acids is 2. The molecule has 1 N–H and O–H groups in total. The van der Waals surface area contributed by atoms with Crippen LogP contribution in [0.1, 0.15) is 36.5 Å². The number of H-pyrrole nitrogens is 1. The van der Waals surface area contributed by atoms with E-state index in [1.54, 1.807) is 13.1 Å². The van der Waals surface area contributed by atoms with Crippen LogP contribution >= 0.6 is 0 Å². The van der Waals surface area contributed by atoms with Crippen molar-refractivity contribution < 1.29 is 14.3 Å². The van der Waals surface area contributed by atoms with Crippen LogP contribution in [0.2, 0.25) is 0 Å². The highest BCUT2D eigenvalue weighted by atomic mass is 16.5. The van der Waals surface area contributed by atoms with Crippen LogP contribution in [-0.2, 0) is 9.53 Å². The first kappa shape index (κ1) is 14.6. The largest absolute Gasteiger partial charge is 0.454 e. The molecule has 1 aliphatic rings. The molecule has 0 saturated carbocycles. The third-order valence-corrected chi connectivity index (χ3v) is 4.07. The minimum Gasteiger partial charge on any atom is -0.454 e. The van der Waals surface area contributed by atoms with Crippen LogP contribution in [0, 0.1) is 5.92 Å². The van der Waals surface area contributed by atoms with Gasteiger partial charge in [-0.05, 0) is 31.7 Å². The van der Waals surface area contributed by atoms with Crippen LogP contribution < -0.4 is 0 Å². The minimum absolute atomic E-state index is 0.173. The smallest absolute Gasteiger partial charge is 0.307 e. The van der Waals surface area contributed by atoms with E-state index in [1.165, 1.54) is 0 Å². The predicted octanol–water partition coefficient (Wildman–Crippen LogP) is 3.64. The maximum Gasteiger partial charge on any atom is 0.307 e. The van der Waals surface area contributed by atoms with Gasteiger partial charge < -0.3 is 9.72 Å². The molecule has 2 aromatic rings. The molecule has 4 heteroatoms. The number of benzene rings is 1. The second-order valence-electron chi connectivity index (χ2n) is 5.71. The number of nitrogens with one attached hydrogen (secondary N) is 1. The summed E-state index contributed by atoms with van der Waals surface area (Å²) >= 11 is 0. The minimum atomic E-state index is -0.767. The summed E-state index contributed by atoms with van der Waals surface area (Å²) in [5.41, 5.74) is 1.47. The Morgan fingerprint density at radius 2 is 2.18 bits per heavy atom. The molecule has 4 nitrogen and oxygen atoms in total. The molecule has 0 bridgehead atoms. The number of allylic oxidation sites excluding steroid dienone is 2. The van der Waals surface area contributed by atoms with Crippen molar-refractivity contribution in [1.82, 2.24) is 4.98 Å². The van der Waals surface area contributed by atoms with Gasteiger partial charge in [-0.1, -0.05) is 30.4 Å². The number of esters is 1. The molecule has 1 aromatic heterocycles. The van der Waals surface area contributed by atoms with Crippen molar-refractivity contribution in [3.63, 3.8) is 0 Å². The number of Topliss-reactive ketones (excluding diaryl/α,β-unsaturated/α-hetero) is 1. The molecule has 0 saturated heterocycles. The SMILES string of the molecule is C[C@@H](OC(=O)C[C@@H]1C=CCC1)C(=O)c1c[nH]c2ccccc12. The highest BCUT2D eigenvalue weighted by molar-refractivity contribution is 6.10. The zero-order valence-electron chi connectivity index (χ0n) is 12.5. The number of ketones is 1. The summed E-state index contributed by atoms with van der Waals surface area (Å²) in [7, 11) is 0. The first-order valence-corrected chi connectivity index (χ1v) is 7.61. The van der Waals surface area contributed by atoms with Crippen molar-refractivity contribution >= 4 is 22.7 Å². The van der Waals surface area contributed by atoms with Gasteiger partial charge in [-0.2, -0.15) is 0 Å². The van der Waals surface area contributed by atoms with E-state index < -0.39 is 6.10 Å². The normalized spacial score (nSPS) is 18.5. The number of rotatable bonds is 5. The van der Waals surface area contributed by atoms with Crippen molar-refractivity contribution in [3.05, 3.63) is 48.2 Å². The zero-order valence-corrected chi connectivity index (χ0v) is 12.5. The fourth-order valence-corrected chi connectivity index (χ4v) is 2.87. The molecule has 0 aliphatic heterocycles. The first-order chi connectivity index (χ1) is 10.6. The fraction of sp³-hybridized carbons (Fsp3) is 0.333. The first-order valence-electron chi connectivity index (χ1n) is 7.61. The van der Waals surface area contributed by atoms with Crippen LogP contribution in [-0.4, -0.2) is 22.8 Å². The van der Waals surface area contributed by atoms with Crippen molar-refractivity contribution in [2.45, 2.75) is 32.3 Å². The third kappa shape index (κ3) is 2.96. The number of fused-ring (bicyclic) bond motifs is 1. The van der Waals surface area contributed by atoms with Gasteiger partial charge in [0.15, 0.2) is 6.10 Å². The van der Waals surface area contributed by atoms with Gasteiger partial charge in [0.1, 0.15) is 0 Å². The Labute approximate surface area is 129 Å². The number of para-hydroxylation sites is 1. The zero-order chi connectivity index (χ0) is 15.5. The third-order valence-electron chi connectivity index (χ3n) is 4.07. The van der Waals surface area contributed by atoms with Gasteiger partial charge in [0.25, 0.3) is 0 Å². The van der Waals surface area contributed by atoms with Crippen LogP contribution in [0.5, 0.6) is 0 Å². The Kier molecular flexibility index (Phi) is 4.09. The van der Waals surface area contributed by atoms with Gasteiger partial charge in [-0.15, -0.1) is 0 Å². The van der Waals surface area contributed by atoms with E-state index >= 15 is 0 Å². The van der Waals surface area contributed by atoms with Crippen LogP contribution in [0.4, 0.5) is 0 Å². The predicted molar refractivity (Wildman–Crippen MR) is 84.7 cm³/mol. The number of hydrogen-bond donors (Lipinski definition) is 1. The Morgan fingerprint density at radius 3 is 2.95 bits per heavy atom. The van der Waals surface area contributed by atoms with E-state index in [2.05, 4.69) is 11.1 Å². The molecule has 114 valence electrons. The summed E-state index contributed by atoms with van der Waals surface area (Å²) < 4.78 is 5.31. The fourth-order valence-electron chi connectivity index (χ4n) is 2.87. The van der Waals surface area contributed by atoms with Gasteiger partial charge in [-0.25, -0.2) is 0 Å². The molecule has 0 fully saturated rings. The van der Waals surface area contributed by atoms with Crippen molar-refractivity contribution in [3.8, 4) is 0 Å². The van der Waals surface area contributed by atoms with Crippen molar-refractivity contribution in [2.75, 3.05) is 0 Å². The van der Waals surface area contributed by atoms with Crippen molar-refractivity contribution in [1.29, 1.82) is 0 Å². The summed E-state index contributed by atoms with van der Waals surface area (Å²) in [5.74, 6) is -0.229. The van der Waals surface area contributed by atoms with Crippen LogP contribution in [0.3, 0.4) is 0 Å². The summed E-state index contributed by atoms with van der Waals surface area (Å²) in [4.78, 5) is 27.5. The molecule has 0 spiro atoms. The lowest BCUT2D eigenvalue weighted by Crippen LogP contribution is -2.25. The highest BCUT2D eigenvalue weighted by Gasteiger charge is 2.23. The monoisotopic (exact) mass is 297 g/mol. The molecule has 22 heavy (non-hydrogen) atoms. The summed E-state index contributed by atoms with van der Waals surface area (Å²) in [6.45, 7) is 1.63. The molecule has 1 aromatic carbocycles. The molecular formula is C18H19NO3. The number of carbonyl (C=O) groups is 2. The number of aromatic amines is 1. The van der Waals surface area contributed by atoms with Gasteiger partial charge in [0.2, 0.25) is 5.78 Å². The standard InChI is InChI=1S/C18H19NO3/c1-12(22-17(20)10-13-6-2-3-7-13)18(21)15-11-19-16-9-5-4-8-14(15)16/h2,4-6,8-9,11-13,19H,3,7,10H2,1H3/t12-,13-/m1/s1. The molecule has 0 amide bonds. The lowest BCUT2D eigenvalue weighted by molar-refractivity contribution is -0.147.